The average Bonchev–Trinajstić information content (AvgIpc) is 2.74. The summed E-state index contributed by atoms with van der Waals surface area (Å²) in [6.07, 6.45) is -4.57. The lowest BCUT2D eigenvalue weighted by Gasteiger charge is -2.33. The number of carbonyl (C=O) groups is 2. The first kappa shape index (κ1) is 23.5. The largest absolute Gasteiger partial charge is 0.418 e. The number of nitrogens with one attached hydrogen (secondary N) is 2. The molecule has 1 saturated heterocycles. The summed E-state index contributed by atoms with van der Waals surface area (Å²) in [5.41, 5.74) is 1.52. The van der Waals surface area contributed by atoms with Crippen LogP contribution in [0.3, 0.4) is 0 Å². The molecule has 3 rings (SSSR count). The smallest absolute Gasteiger partial charge is 0.322 e. The summed E-state index contributed by atoms with van der Waals surface area (Å²) in [6.45, 7) is -0.304. The number of rotatable bonds is 4. The van der Waals surface area contributed by atoms with Crippen molar-refractivity contribution in [2.45, 2.75) is 17.8 Å². The van der Waals surface area contributed by atoms with Gasteiger partial charge in [-0.15, -0.1) is 0 Å². The fraction of sp³-hybridized carbons (Fsp3) is 0.300. The summed E-state index contributed by atoms with van der Waals surface area (Å²) in [7, 11) is -3.52. The van der Waals surface area contributed by atoms with Gasteiger partial charge in [0.05, 0.1) is 22.3 Å². The van der Waals surface area contributed by atoms with Crippen LogP contribution in [0, 0.1) is 0 Å². The van der Waals surface area contributed by atoms with Gasteiger partial charge in [0.15, 0.2) is 9.84 Å². The molecular weight excluding hydrogens is 449 g/mol. The van der Waals surface area contributed by atoms with Crippen molar-refractivity contribution in [1.29, 1.82) is 0 Å². The lowest BCUT2D eigenvalue weighted by molar-refractivity contribution is -0.136. The minimum absolute atomic E-state index is 0.0791. The second-order valence-corrected chi connectivity index (χ2v) is 9.68. The van der Waals surface area contributed by atoms with Gasteiger partial charge >= 0.3 is 12.2 Å². The predicted molar refractivity (Wildman–Crippen MR) is 111 cm³/mol. The Morgan fingerprint density at radius 3 is 2.38 bits per heavy atom. The average molecular weight is 470 g/mol. The van der Waals surface area contributed by atoms with Crippen molar-refractivity contribution in [3.63, 3.8) is 0 Å². The number of nitrogens with zero attached hydrogens (tertiary/aromatic N) is 1. The third-order valence-corrected chi connectivity index (χ3v) is 7.23. The van der Waals surface area contributed by atoms with Gasteiger partial charge in [0, 0.05) is 18.7 Å². The molecular formula is C20H21F3N4O4S. The van der Waals surface area contributed by atoms with E-state index >= 15 is 0 Å². The predicted octanol–water partition coefficient (Wildman–Crippen LogP) is 2.18. The number of hydrogen-bond acceptors (Lipinski definition) is 5. The normalized spacial score (nSPS) is 18.1. The Bertz CT molecular complexity index is 1100. The number of sulfone groups is 1. The molecule has 1 unspecified atom stereocenters. The molecule has 0 aliphatic carbocycles. The van der Waals surface area contributed by atoms with E-state index in [2.05, 4.69) is 5.32 Å². The second-order valence-electron chi connectivity index (χ2n) is 7.28. The molecule has 0 radical (unpaired) electrons. The molecule has 1 aliphatic heterocycles. The van der Waals surface area contributed by atoms with E-state index < -0.39 is 44.5 Å². The van der Waals surface area contributed by atoms with Gasteiger partial charge in [0.1, 0.15) is 0 Å². The highest BCUT2D eigenvalue weighted by Gasteiger charge is 2.37. The van der Waals surface area contributed by atoms with Crippen molar-refractivity contribution in [3.8, 4) is 0 Å². The summed E-state index contributed by atoms with van der Waals surface area (Å²) < 4.78 is 64.6. The molecule has 8 nitrogen and oxygen atoms in total. The molecule has 2 aromatic carbocycles. The van der Waals surface area contributed by atoms with E-state index in [1.165, 1.54) is 29.2 Å². The zero-order chi connectivity index (χ0) is 23.5. The van der Waals surface area contributed by atoms with Gasteiger partial charge in [0.2, 0.25) is 0 Å². The van der Waals surface area contributed by atoms with Gasteiger partial charge in [-0.25, -0.2) is 19.1 Å². The number of hydrazine groups is 1. The molecule has 0 saturated carbocycles. The second kappa shape index (κ2) is 9.17. The number of urea groups is 1. The maximum absolute atomic E-state index is 13.2. The topological polar surface area (TPSA) is 122 Å². The number of nitrogens with two attached hydrogens (primary N) is 1. The maximum Gasteiger partial charge on any atom is 0.418 e. The first-order valence-corrected chi connectivity index (χ1v) is 11.3. The van der Waals surface area contributed by atoms with Gasteiger partial charge in [-0.1, -0.05) is 24.3 Å². The van der Waals surface area contributed by atoms with Crippen LogP contribution >= 0.6 is 0 Å². The molecule has 12 heteroatoms. The Morgan fingerprint density at radius 2 is 1.75 bits per heavy atom. The van der Waals surface area contributed by atoms with Crippen LogP contribution in [-0.2, 0) is 22.4 Å². The molecule has 172 valence electrons. The number of amides is 3. The minimum atomic E-state index is -4.65. The fourth-order valence-corrected chi connectivity index (χ4v) is 5.06. The first-order valence-electron chi connectivity index (χ1n) is 9.55. The zero-order valence-electron chi connectivity index (χ0n) is 16.7. The van der Waals surface area contributed by atoms with Gasteiger partial charge in [-0.05, 0) is 36.2 Å². The fourth-order valence-electron chi connectivity index (χ4n) is 3.40. The third kappa shape index (κ3) is 5.37. The molecule has 1 atom stereocenters. The highest BCUT2D eigenvalue weighted by atomic mass is 32.2. The zero-order valence-corrected chi connectivity index (χ0v) is 17.5. The highest BCUT2D eigenvalue weighted by molar-refractivity contribution is 7.92. The summed E-state index contributed by atoms with van der Waals surface area (Å²) in [5, 5.41) is 1.30. The highest BCUT2D eigenvalue weighted by Crippen LogP contribution is 2.34. The van der Waals surface area contributed by atoms with Gasteiger partial charge in [0.25, 0.3) is 5.91 Å². The van der Waals surface area contributed by atoms with Crippen LogP contribution in [0.1, 0.15) is 21.5 Å². The van der Waals surface area contributed by atoms with E-state index in [4.69, 9.17) is 5.84 Å². The Labute approximate surface area is 182 Å². The maximum atomic E-state index is 13.2. The Balaban J connectivity index is 1.73. The summed E-state index contributed by atoms with van der Waals surface area (Å²) in [5.74, 6) is 4.27. The van der Waals surface area contributed by atoms with Crippen molar-refractivity contribution >= 4 is 27.5 Å². The molecule has 0 spiro atoms. The Hall–Kier alpha value is -3.12. The summed E-state index contributed by atoms with van der Waals surface area (Å²) >= 11 is 0. The molecule has 32 heavy (non-hydrogen) atoms. The van der Waals surface area contributed by atoms with E-state index in [0.29, 0.717) is 11.1 Å². The van der Waals surface area contributed by atoms with Crippen molar-refractivity contribution < 1.29 is 31.2 Å². The number of nitrogen functional groups attached to an aromatic ring is 1. The molecule has 0 aromatic heterocycles. The molecule has 3 amide bonds. The van der Waals surface area contributed by atoms with Crippen molar-refractivity contribution in [2.24, 2.45) is 5.84 Å². The van der Waals surface area contributed by atoms with E-state index in [1.807, 2.05) is 5.43 Å². The monoisotopic (exact) mass is 470 g/mol. The number of benzene rings is 2. The summed E-state index contributed by atoms with van der Waals surface area (Å²) in [4.78, 5) is 25.3. The first-order chi connectivity index (χ1) is 15.0. The van der Waals surface area contributed by atoms with Crippen molar-refractivity contribution in [1.82, 2.24) is 10.3 Å². The summed E-state index contributed by atoms with van der Waals surface area (Å²) in [6, 6.07) is 9.91. The van der Waals surface area contributed by atoms with Gasteiger partial charge < -0.3 is 10.2 Å². The van der Waals surface area contributed by atoms with Crippen LogP contribution in [0.25, 0.3) is 0 Å². The Morgan fingerprint density at radius 1 is 1.09 bits per heavy atom. The standard InChI is InChI=1S/C20H21F3N4O4S/c21-20(22,23)16-3-1-2-4-17(16)25-19(29)27-9-10-32(30,31)15(12-27)11-13-5-7-14(8-6-13)18(28)26-24/h1-8,15H,9-12,24H2,(H,25,29)(H,26,28). The van der Waals surface area contributed by atoms with E-state index in [0.717, 1.165) is 12.1 Å². The van der Waals surface area contributed by atoms with E-state index in [-0.39, 0.29) is 25.3 Å². The molecule has 2 aromatic rings. The molecule has 1 aliphatic rings. The van der Waals surface area contributed by atoms with Crippen molar-refractivity contribution in [3.05, 3.63) is 65.2 Å². The molecule has 0 bridgehead atoms. The number of hydrogen-bond donors (Lipinski definition) is 3. The van der Waals surface area contributed by atoms with Crippen LogP contribution < -0.4 is 16.6 Å². The van der Waals surface area contributed by atoms with Gasteiger partial charge in [-0.2, -0.15) is 13.2 Å². The van der Waals surface area contributed by atoms with Crippen LogP contribution in [0.2, 0.25) is 0 Å². The molecule has 1 heterocycles. The lowest BCUT2D eigenvalue weighted by Crippen LogP contribution is -2.51. The van der Waals surface area contributed by atoms with Crippen LogP contribution in [0.4, 0.5) is 23.7 Å². The lowest BCUT2D eigenvalue weighted by atomic mass is 10.1. The number of halogens is 3. The quantitative estimate of drug-likeness (QED) is 0.359. The third-order valence-electron chi connectivity index (χ3n) is 5.15. The van der Waals surface area contributed by atoms with Crippen LogP contribution in [0.15, 0.2) is 48.5 Å². The minimum Gasteiger partial charge on any atom is -0.322 e. The number of carbonyl (C=O) groups excluding carboxylic acids is 2. The van der Waals surface area contributed by atoms with Crippen molar-refractivity contribution in [2.75, 3.05) is 24.2 Å². The number of anilines is 1. The van der Waals surface area contributed by atoms with Crippen LogP contribution in [0.5, 0.6) is 0 Å². The SMILES string of the molecule is NNC(=O)c1ccc(CC2CN(C(=O)Nc3ccccc3C(F)(F)F)CCS2(=O)=O)cc1. The Kier molecular flexibility index (Phi) is 6.74. The van der Waals surface area contributed by atoms with E-state index in [1.54, 1.807) is 12.1 Å². The van der Waals surface area contributed by atoms with E-state index in [9.17, 15) is 31.2 Å². The number of alkyl halides is 3. The van der Waals surface area contributed by atoms with Gasteiger partial charge in [-0.3, -0.25) is 10.2 Å². The molecule has 1 fully saturated rings. The number of para-hydroxylation sites is 1. The van der Waals surface area contributed by atoms with Crippen LogP contribution in [-0.4, -0.2) is 49.3 Å². The molecule has 4 N–H and O–H groups in total.